The van der Waals surface area contributed by atoms with E-state index in [1.165, 1.54) is 16.9 Å². The van der Waals surface area contributed by atoms with Crippen molar-refractivity contribution in [3.8, 4) is 5.69 Å². The van der Waals surface area contributed by atoms with Crippen LogP contribution in [0, 0.1) is 20.8 Å². The van der Waals surface area contributed by atoms with Gasteiger partial charge in [-0.3, -0.25) is 9.89 Å². The van der Waals surface area contributed by atoms with Crippen LogP contribution in [0.2, 0.25) is 0 Å². The number of aromatic amines is 1. The normalized spacial score (nSPS) is 11.5. The molecular formula is C18H21N5OS. The van der Waals surface area contributed by atoms with Crippen molar-refractivity contribution >= 4 is 22.7 Å². The first-order chi connectivity index (χ1) is 12.0. The van der Waals surface area contributed by atoms with Crippen LogP contribution in [-0.4, -0.2) is 26.2 Å². The first-order valence-corrected chi connectivity index (χ1v) is 9.07. The van der Waals surface area contributed by atoms with Gasteiger partial charge in [-0.2, -0.15) is 0 Å². The fraction of sp³-hybridized carbons (Fsp3) is 0.333. The van der Waals surface area contributed by atoms with Crippen molar-refractivity contribution in [2.24, 2.45) is 4.99 Å². The third-order valence-electron chi connectivity index (χ3n) is 4.09. The summed E-state index contributed by atoms with van der Waals surface area (Å²) >= 11 is 1.46. The van der Waals surface area contributed by atoms with Gasteiger partial charge in [0.05, 0.1) is 11.3 Å². The Hall–Kier alpha value is -2.54. The summed E-state index contributed by atoms with van der Waals surface area (Å²) < 4.78 is 1.55. The van der Waals surface area contributed by atoms with E-state index in [2.05, 4.69) is 34.1 Å². The predicted octanol–water partition coefficient (Wildman–Crippen LogP) is 3.65. The second-order valence-corrected chi connectivity index (χ2v) is 7.09. The Morgan fingerprint density at radius 3 is 2.76 bits per heavy atom. The van der Waals surface area contributed by atoms with Gasteiger partial charge in [0.15, 0.2) is 0 Å². The van der Waals surface area contributed by atoms with Gasteiger partial charge in [0.2, 0.25) is 5.13 Å². The number of nitrogens with one attached hydrogen (secondary N) is 1. The smallest absolute Gasteiger partial charge is 0.280 e. The molecule has 3 aromatic rings. The lowest BCUT2D eigenvalue weighted by atomic mass is 10.1. The zero-order valence-electron chi connectivity index (χ0n) is 14.8. The second kappa shape index (κ2) is 7.14. The zero-order chi connectivity index (χ0) is 18.0. The molecule has 0 amide bonds. The van der Waals surface area contributed by atoms with Crippen LogP contribution in [-0.2, 0) is 6.42 Å². The number of aryl methyl sites for hydroxylation is 4. The third kappa shape index (κ3) is 3.61. The van der Waals surface area contributed by atoms with Crippen molar-refractivity contribution in [1.82, 2.24) is 20.0 Å². The summed E-state index contributed by atoms with van der Waals surface area (Å²) in [6.07, 6.45) is 3.49. The van der Waals surface area contributed by atoms with Crippen LogP contribution >= 0.6 is 11.3 Å². The summed E-state index contributed by atoms with van der Waals surface area (Å²) in [6.45, 7) is 8.05. The van der Waals surface area contributed by atoms with Crippen molar-refractivity contribution in [2.45, 2.75) is 40.5 Å². The summed E-state index contributed by atoms with van der Waals surface area (Å²) in [7, 11) is 0. The second-order valence-electron chi connectivity index (χ2n) is 6.05. The molecule has 1 N–H and O–H groups in total. The van der Waals surface area contributed by atoms with Crippen molar-refractivity contribution in [3.05, 3.63) is 55.9 Å². The number of hydrogen-bond donors (Lipinski definition) is 1. The largest absolute Gasteiger partial charge is 0.295 e. The average molecular weight is 355 g/mol. The predicted molar refractivity (Wildman–Crippen MR) is 102 cm³/mol. The first kappa shape index (κ1) is 17.3. The summed E-state index contributed by atoms with van der Waals surface area (Å²) in [6, 6.07) is 5.94. The minimum atomic E-state index is -0.122. The van der Waals surface area contributed by atoms with Gasteiger partial charge in [-0.05, 0) is 50.5 Å². The van der Waals surface area contributed by atoms with Gasteiger partial charge >= 0.3 is 0 Å². The fourth-order valence-electron chi connectivity index (χ4n) is 2.49. The molecule has 0 aliphatic rings. The summed E-state index contributed by atoms with van der Waals surface area (Å²) in [5.74, 6) is 0. The lowest BCUT2D eigenvalue weighted by Gasteiger charge is -2.05. The number of hydrogen-bond acceptors (Lipinski definition) is 5. The van der Waals surface area contributed by atoms with E-state index in [0.29, 0.717) is 10.7 Å². The van der Waals surface area contributed by atoms with Crippen LogP contribution in [0.1, 0.15) is 40.7 Å². The van der Waals surface area contributed by atoms with Gasteiger partial charge in [-0.15, -0.1) is 10.2 Å². The maximum Gasteiger partial charge on any atom is 0.280 e. The Labute approximate surface area is 150 Å². The monoisotopic (exact) mass is 355 g/mol. The molecule has 130 valence electrons. The molecule has 2 heterocycles. The number of rotatable bonds is 5. The minimum absolute atomic E-state index is 0.122. The molecule has 3 rings (SSSR count). The van der Waals surface area contributed by atoms with Crippen molar-refractivity contribution in [2.75, 3.05) is 0 Å². The maximum atomic E-state index is 12.7. The number of benzene rings is 1. The molecule has 25 heavy (non-hydrogen) atoms. The summed E-state index contributed by atoms with van der Waals surface area (Å²) in [5, 5.41) is 12.8. The Balaban J connectivity index is 1.92. The van der Waals surface area contributed by atoms with E-state index in [1.54, 1.807) is 10.9 Å². The topological polar surface area (TPSA) is 75.9 Å². The Morgan fingerprint density at radius 1 is 1.24 bits per heavy atom. The van der Waals surface area contributed by atoms with Crippen molar-refractivity contribution < 1.29 is 0 Å². The Bertz CT molecular complexity index is 980. The highest BCUT2D eigenvalue weighted by Crippen LogP contribution is 2.19. The molecule has 0 saturated heterocycles. The van der Waals surface area contributed by atoms with Gasteiger partial charge in [0.25, 0.3) is 5.56 Å². The lowest BCUT2D eigenvalue weighted by molar-refractivity contribution is 0.833. The summed E-state index contributed by atoms with van der Waals surface area (Å²) in [5.41, 5.74) is 4.33. The van der Waals surface area contributed by atoms with E-state index in [1.807, 2.05) is 32.0 Å². The molecule has 0 fully saturated rings. The van der Waals surface area contributed by atoms with E-state index in [-0.39, 0.29) is 5.56 Å². The molecule has 0 aliphatic heterocycles. The molecule has 1 aromatic carbocycles. The van der Waals surface area contributed by atoms with E-state index < -0.39 is 0 Å². The van der Waals surface area contributed by atoms with Crippen LogP contribution in [0.3, 0.4) is 0 Å². The zero-order valence-corrected chi connectivity index (χ0v) is 15.6. The van der Waals surface area contributed by atoms with Crippen molar-refractivity contribution in [1.29, 1.82) is 0 Å². The highest BCUT2D eigenvalue weighted by atomic mass is 32.1. The maximum absolute atomic E-state index is 12.7. The quantitative estimate of drug-likeness (QED) is 0.710. The molecular weight excluding hydrogens is 334 g/mol. The van der Waals surface area contributed by atoms with Crippen LogP contribution in [0.15, 0.2) is 28.0 Å². The molecule has 0 aliphatic carbocycles. The first-order valence-electron chi connectivity index (χ1n) is 8.25. The van der Waals surface area contributed by atoms with Gasteiger partial charge in [0.1, 0.15) is 5.01 Å². The molecule has 0 atom stereocenters. The van der Waals surface area contributed by atoms with E-state index in [0.717, 1.165) is 34.8 Å². The van der Waals surface area contributed by atoms with Crippen LogP contribution in [0.25, 0.3) is 5.69 Å². The van der Waals surface area contributed by atoms with E-state index in [4.69, 9.17) is 0 Å². The highest BCUT2D eigenvalue weighted by molar-refractivity contribution is 7.14. The van der Waals surface area contributed by atoms with Gasteiger partial charge < -0.3 is 0 Å². The number of aliphatic imine (C=N–C) groups is 1. The van der Waals surface area contributed by atoms with Gasteiger partial charge in [-0.1, -0.05) is 24.3 Å². The molecule has 0 spiro atoms. The number of H-pyrrole nitrogens is 1. The average Bonchev–Trinajstić information content (AvgIpc) is 3.13. The van der Waals surface area contributed by atoms with Crippen LogP contribution in [0.5, 0.6) is 0 Å². The SMILES string of the molecule is CCCc1nnc(N=Cc2c(C)[nH]n(-c3ccc(C)c(C)c3)c2=O)s1. The lowest BCUT2D eigenvalue weighted by Crippen LogP contribution is -2.17. The molecule has 7 heteroatoms. The molecule has 2 aromatic heterocycles. The molecule has 0 unspecified atom stereocenters. The molecule has 6 nitrogen and oxygen atoms in total. The Morgan fingerprint density at radius 2 is 2.04 bits per heavy atom. The van der Waals surface area contributed by atoms with Crippen molar-refractivity contribution in [3.63, 3.8) is 0 Å². The minimum Gasteiger partial charge on any atom is -0.295 e. The molecule has 0 radical (unpaired) electrons. The summed E-state index contributed by atoms with van der Waals surface area (Å²) in [4.78, 5) is 17.0. The standard InChI is InChI=1S/C18H21N5OS/c1-5-6-16-20-21-18(25-16)19-10-15-13(4)22-23(17(15)24)14-8-7-11(2)12(3)9-14/h7-10,22H,5-6H2,1-4H3. The van der Waals surface area contributed by atoms with E-state index in [9.17, 15) is 4.79 Å². The van der Waals surface area contributed by atoms with Gasteiger partial charge in [0, 0.05) is 18.3 Å². The molecule has 0 bridgehead atoms. The highest BCUT2D eigenvalue weighted by Gasteiger charge is 2.11. The van der Waals surface area contributed by atoms with Gasteiger partial charge in [-0.25, -0.2) is 9.67 Å². The molecule has 0 saturated carbocycles. The van der Waals surface area contributed by atoms with Crippen LogP contribution < -0.4 is 5.56 Å². The Kier molecular flexibility index (Phi) is 4.94. The fourth-order valence-corrected chi connectivity index (χ4v) is 3.28. The third-order valence-corrected chi connectivity index (χ3v) is 4.98. The van der Waals surface area contributed by atoms with E-state index >= 15 is 0 Å². The number of aromatic nitrogens is 4. The number of nitrogens with zero attached hydrogens (tertiary/aromatic N) is 4. The van der Waals surface area contributed by atoms with Crippen LogP contribution in [0.4, 0.5) is 5.13 Å².